The highest BCUT2D eigenvalue weighted by Gasteiger charge is 2.17. The van der Waals surface area contributed by atoms with Crippen LogP contribution < -0.4 is 10.2 Å². The van der Waals surface area contributed by atoms with Crippen LogP contribution in [-0.4, -0.2) is 39.2 Å². The third-order valence-corrected chi connectivity index (χ3v) is 6.26. The Hall–Kier alpha value is -3.74. The number of aromatic amines is 1. The molecule has 0 aliphatic carbocycles. The summed E-state index contributed by atoms with van der Waals surface area (Å²) >= 11 is 0. The van der Waals surface area contributed by atoms with Gasteiger partial charge < -0.3 is 10.2 Å². The summed E-state index contributed by atoms with van der Waals surface area (Å²) in [7, 11) is 0. The lowest BCUT2D eigenvalue weighted by Crippen LogP contribution is -2.29. The van der Waals surface area contributed by atoms with Gasteiger partial charge in [-0.15, -0.1) is 0 Å². The number of nitrogens with zero attached hydrogens (tertiary/aromatic N) is 4. The van der Waals surface area contributed by atoms with Crippen LogP contribution in [0.2, 0.25) is 0 Å². The minimum atomic E-state index is -0.262. The molecule has 2 N–H and O–H groups in total. The van der Waals surface area contributed by atoms with Crippen LogP contribution in [0.25, 0.3) is 22.0 Å². The average molecular weight is 455 g/mol. The monoisotopic (exact) mass is 454 g/mol. The van der Waals surface area contributed by atoms with Crippen LogP contribution in [0.3, 0.4) is 0 Å². The van der Waals surface area contributed by atoms with E-state index < -0.39 is 0 Å². The zero-order valence-electron chi connectivity index (χ0n) is 19.7. The second-order valence-electron chi connectivity index (χ2n) is 9.40. The molecule has 0 unspecified atom stereocenters. The van der Waals surface area contributed by atoms with Gasteiger partial charge in [0.1, 0.15) is 0 Å². The van der Waals surface area contributed by atoms with Crippen LogP contribution in [0.1, 0.15) is 49.3 Å². The molecule has 5 rings (SSSR count). The van der Waals surface area contributed by atoms with Crippen molar-refractivity contribution >= 4 is 28.2 Å². The quantitative estimate of drug-likeness (QED) is 0.404. The number of anilines is 2. The van der Waals surface area contributed by atoms with Gasteiger partial charge in [0, 0.05) is 35.9 Å². The number of amides is 1. The second-order valence-corrected chi connectivity index (χ2v) is 9.40. The van der Waals surface area contributed by atoms with Gasteiger partial charge in [-0.05, 0) is 67.5 Å². The molecule has 0 bridgehead atoms. The first-order valence-electron chi connectivity index (χ1n) is 12.0. The first-order chi connectivity index (χ1) is 16.6. The minimum absolute atomic E-state index is 0.262. The fraction of sp³-hybridized carbons (Fsp3) is 0.333. The number of rotatable bonds is 6. The number of nitrogens with one attached hydrogen (secondary N) is 2. The molecule has 3 aromatic heterocycles. The highest BCUT2D eigenvalue weighted by atomic mass is 16.1. The summed E-state index contributed by atoms with van der Waals surface area (Å²) in [5.41, 5.74) is 6.04. The molecular formula is C27H30N6O. The summed E-state index contributed by atoms with van der Waals surface area (Å²) in [4.78, 5) is 24.4. The van der Waals surface area contributed by atoms with Crippen LogP contribution in [0.15, 0.2) is 55.0 Å². The van der Waals surface area contributed by atoms with E-state index in [2.05, 4.69) is 50.3 Å². The molecule has 1 fully saturated rings. The molecular weight excluding hydrogens is 424 g/mol. The van der Waals surface area contributed by atoms with Gasteiger partial charge in [-0.2, -0.15) is 5.10 Å². The predicted octanol–water partition coefficient (Wildman–Crippen LogP) is 5.46. The van der Waals surface area contributed by atoms with Gasteiger partial charge in [0.25, 0.3) is 5.91 Å². The van der Waals surface area contributed by atoms with Gasteiger partial charge in [0.2, 0.25) is 0 Å². The molecule has 7 nitrogen and oxygen atoms in total. The van der Waals surface area contributed by atoms with Crippen LogP contribution in [0, 0.1) is 5.92 Å². The lowest BCUT2D eigenvalue weighted by Gasteiger charge is -2.28. The number of benzene rings is 1. The van der Waals surface area contributed by atoms with Gasteiger partial charge in [0.15, 0.2) is 5.69 Å². The Morgan fingerprint density at radius 2 is 1.88 bits per heavy atom. The number of aromatic nitrogens is 4. The van der Waals surface area contributed by atoms with Gasteiger partial charge in [-0.1, -0.05) is 19.9 Å². The number of carbonyl (C=O) groups excluding carboxylic acids is 1. The number of fused-ring (bicyclic) bond motifs is 1. The fourth-order valence-electron chi connectivity index (χ4n) is 4.51. The van der Waals surface area contributed by atoms with E-state index in [1.165, 1.54) is 19.3 Å². The topological polar surface area (TPSA) is 86.8 Å². The van der Waals surface area contributed by atoms with Gasteiger partial charge >= 0.3 is 0 Å². The SMILES string of the molecule is CC(C)Cc1ccc(NC(=O)c2n[nH]c3ccc(-c4cncc(N5CCCCC5)c4)cc23)cn1. The Balaban J connectivity index is 1.38. The predicted molar refractivity (Wildman–Crippen MR) is 136 cm³/mol. The molecule has 174 valence electrons. The van der Waals surface area contributed by atoms with Crippen molar-refractivity contribution in [2.24, 2.45) is 5.92 Å². The maximum atomic E-state index is 13.0. The molecule has 7 heteroatoms. The summed E-state index contributed by atoms with van der Waals surface area (Å²) in [6.07, 6.45) is 10.2. The van der Waals surface area contributed by atoms with Crippen molar-refractivity contribution in [1.29, 1.82) is 0 Å². The number of H-pyrrole nitrogens is 1. The molecule has 0 atom stereocenters. The highest BCUT2D eigenvalue weighted by Crippen LogP contribution is 2.29. The Bertz CT molecular complexity index is 1290. The summed E-state index contributed by atoms with van der Waals surface area (Å²) < 4.78 is 0. The van der Waals surface area contributed by atoms with E-state index in [-0.39, 0.29) is 5.91 Å². The maximum absolute atomic E-state index is 13.0. The molecule has 0 radical (unpaired) electrons. The normalized spacial score (nSPS) is 14.0. The molecule has 1 aliphatic heterocycles. The van der Waals surface area contributed by atoms with Crippen LogP contribution in [0.4, 0.5) is 11.4 Å². The first kappa shape index (κ1) is 22.1. The van der Waals surface area contributed by atoms with Gasteiger partial charge in [-0.3, -0.25) is 19.9 Å². The molecule has 4 aromatic rings. The van der Waals surface area contributed by atoms with Crippen LogP contribution in [0.5, 0.6) is 0 Å². The largest absolute Gasteiger partial charge is 0.370 e. The van der Waals surface area contributed by atoms with Crippen molar-refractivity contribution in [3.05, 3.63) is 66.4 Å². The van der Waals surface area contributed by atoms with E-state index in [4.69, 9.17) is 0 Å². The Morgan fingerprint density at radius 3 is 2.65 bits per heavy atom. The lowest BCUT2D eigenvalue weighted by molar-refractivity contribution is 0.102. The zero-order chi connectivity index (χ0) is 23.5. The number of carbonyl (C=O) groups is 1. The van der Waals surface area contributed by atoms with Crippen molar-refractivity contribution in [2.45, 2.75) is 39.5 Å². The summed E-state index contributed by atoms with van der Waals surface area (Å²) in [5, 5.41) is 11.0. The Morgan fingerprint density at radius 1 is 1.03 bits per heavy atom. The number of hydrogen-bond donors (Lipinski definition) is 2. The lowest BCUT2D eigenvalue weighted by atomic mass is 10.0. The van der Waals surface area contributed by atoms with E-state index in [0.717, 1.165) is 52.9 Å². The summed E-state index contributed by atoms with van der Waals surface area (Å²) in [6, 6.07) is 12.0. The van der Waals surface area contributed by atoms with E-state index >= 15 is 0 Å². The van der Waals surface area contributed by atoms with Crippen molar-refractivity contribution in [3.63, 3.8) is 0 Å². The standard InChI is InChI=1S/C27H30N6O/c1-18(2)12-21-7-8-22(16-29-21)30-27(34)26-24-14-19(6-9-25(24)31-32-26)20-13-23(17-28-15-20)33-10-4-3-5-11-33/h6-9,13-18H,3-5,10-12H2,1-2H3,(H,30,34)(H,31,32). The molecule has 34 heavy (non-hydrogen) atoms. The number of pyridine rings is 2. The molecule has 0 saturated carbocycles. The third-order valence-electron chi connectivity index (χ3n) is 6.26. The molecule has 1 amide bonds. The average Bonchev–Trinajstić information content (AvgIpc) is 3.29. The Labute approximate surface area is 199 Å². The van der Waals surface area contributed by atoms with E-state index in [1.54, 1.807) is 6.20 Å². The van der Waals surface area contributed by atoms with Crippen LogP contribution in [-0.2, 0) is 6.42 Å². The number of hydrogen-bond acceptors (Lipinski definition) is 5. The van der Waals surface area contributed by atoms with Crippen molar-refractivity contribution in [1.82, 2.24) is 20.2 Å². The molecule has 4 heterocycles. The molecule has 1 saturated heterocycles. The van der Waals surface area contributed by atoms with E-state index in [1.807, 2.05) is 42.7 Å². The highest BCUT2D eigenvalue weighted by molar-refractivity contribution is 6.11. The molecule has 0 spiro atoms. The van der Waals surface area contributed by atoms with Crippen molar-refractivity contribution in [3.8, 4) is 11.1 Å². The molecule has 1 aromatic carbocycles. The van der Waals surface area contributed by atoms with Crippen molar-refractivity contribution < 1.29 is 4.79 Å². The third kappa shape index (κ3) is 4.78. The van der Waals surface area contributed by atoms with Crippen LogP contribution >= 0.6 is 0 Å². The van der Waals surface area contributed by atoms with E-state index in [0.29, 0.717) is 17.3 Å². The number of piperidine rings is 1. The van der Waals surface area contributed by atoms with Gasteiger partial charge in [0.05, 0.1) is 29.3 Å². The Kier molecular flexibility index (Phi) is 6.25. The van der Waals surface area contributed by atoms with Gasteiger partial charge in [-0.25, -0.2) is 0 Å². The zero-order valence-corrected chi connectivity index (χ0v) is 19.7. The maximum Gasteiger partial charge on any atom is 0.276 e. The first-order valence-corrected chi connectivity index (χ1v) is 12.0. The smallest absolute Gasteiger partial charge is 0.276 e. The minimum Gasteiger partial charge on any atom is -0.370 e. The summed E-state index contributed by atoms with van der Waals surface area (Å²) in [6.45, 7) is 6.47. The second kappa shape index (κ2) is 9.63. The van der Waals surface area contributed by atoms with Crippen molar-refractivity contribution in [2.75, 3.05) is 23.3 Å². The summed E-state index contributed by atoms with van der Waals surface area (Å²) in [5.74, 6) is 0.273. The molecule has 1 aliphatic rings. The fourth-order valence-corrected chi connectivity index (χ4v) is 4.51. The van der Waals surface area contributed by atoms with E-state index in [9.17, 15) is 4.79 Å².